The summed E-state index contributed by atoms with van der Waals surface area (Å²) in [6.07, 6.45) is 3.43. The van der Waals surface area contributed by atoms with Gasteiger partial charge in [0.1, 0.15) is 0 Å². The Morgan fingerprint density at radius 3 is 2.39 bits per heavy atom. The third-order valence-electron chi connectivity index (χ3n) is 3.48. The maximum absolute atomic E-state index is 11.5. The first-order valence-electron chi connectivity index (χ1n) is 7.96. The van der Waals surface area contributed by atoms with Crippen LogP contribution in [0.4, 0.5) is 0 Å². The molecule has 6 heteroatoms. The molecule has 2 rings (SSSR count). The van der Waals surface area contributed by atoms with Crippen molar-refractivity contribution >= 4 is 12.1 Å². The zero-order chi connectivity index (χ0) is 16.3. The molecular weight excluding hydrogens is 296 g/mol. The molecule has 0 fully saturated rings. The number of rotatable bonds is 12. The second-order valence-electron chi connectivity index (χ2n) is 5.17. The van der Waals surface area contributed by atoms with E-state index in [9.17, 15) is 4.79 Å². The number of fused-ring (bicyclic) bond motifs is 1. The molecule has 0 spiro atoms. The quantitative estimate of drug-likeness (QED) is 0.585. The number of aliphatic imine (C=N–C) groups is 1. The Balaban J connectivity index is 1.52. The van der Waals surface area contributed by atoms with Crippen LogP contribution < -0.4 is 5.73 Å². The molecule has 1 amide bonds. The number of aryl methyl sites for hydroxylation is 1. The first-order valence-corrected chi connectivity index (χ1v) is 7.96. The van der Waals surface area contributed by atoms with Crippen LogP contribution in [0.15, 0.2) is 23.2 Å². The van der Waals surface area contributed by atoms with Gasteiger partial charge in [-0.2, -0.15) is 0 Å². The molecule has 1 heterocycles. The highest BCUT2D eigenvalue weighted by Gasteiger charge is 2.17. The summed E-state index contributed by atoms with van der Waals surface area (Å²) in [5, 5.41) is 0. The minimum atomic E-state index is -0.148. The smallest absolute Gasteiger partial charge is 0.277 e. The van der Waals surface area contributed by atoms with Crippen molar-refractivity contribution in [2.75, 3.05) is 46.2 Å². The van der Waals surface area contributed by atoms with Crippen LogP contribution in [0.25, 0.3) is 0 Å². The minimum absolute atomic E-state index is 0.148. The lowest BCUT2D eigenvalue weighted by Crippen LogP contribution is -2.13. The van der Waals surface area contributed by atoms with Gasteiger partial charge in [-0.15, -0.1) is 0 Å². The summed E-state index contributed by atoms with van der Waals surface area (Å²) < 4.78 is 16.1. The summed E-state index contributed by atoms with van der Waals surface area (Å²) in [7, 11) is 0. The maximum Gasteiger partial charge on any atom is 0.277 e. The van der Waals surface area contributed by atoms with Gasteiger partial charge >= 0.3 is 0 Å². The predicted octanol–water partition coefficient (Wildman–Crippen LogP) is 1.20. The van der Waals surface area contributed by atoms with Gasteiger partial charge in [-0.05, 0) is 24.5 Å². The van der Waals surface area contributed by atoms with E-state index in [4.69, 9.17) is 19.9 Å². The maximum atomic E-state index is 11.5. The number of carbonyl (C=O) groups is 1. The molecule has 0 aromatic heterocycles. The molecule has 126 valence electrons. The Kier molecular flexibility index (Phi) is 7.89. The Labute approximate surface area is 136 Å². The van der Waals surface area contributed by atoms with Crippen molar-refractivity contribution in [1.82, 2.24) is 0 Å². The van der Waals surface area contributed by atoms with Crippen LogP contribution >= 0.6 is 0 Å². The third kappa shape index (κ3) is 5.84. The fourth-order valence-electron chi connectivity index (χ4n) is 2.35. The number of hydrogen-bond donors (Lipinski definition) is 1. The van der Waals surface area contributed by atoms with E-state index in [0.29, 0.717) is 51.7 Å². The van der Waals surface area contributed by atoms with Gasteiger partial charge in [-0.3, -0.25) is 4.79 Å². The SMILES string of the molecule is NCCOCCOCCOCCCc1cccc2c1C=NC2=O. The average Bonchev–Trinajstić information content (AvgIpc) is 2.95. The van der Waals surface area contributed by atoms with Crippen molar-refractivity contribution in [1.29, 1.82) is 0 Å². The van der Waals surface area contributed by atoms with Crippen molar-refractivity contribution in [3.05, 3.63) is 34.9 Å². The molecule has 0 saturated carbocycles. The van der Waals surface area contributed by atoms with Crippen LogP contribution in [0, 0.1) is 0 Å². The number of amides is 1. The van der Waals surface area contributed by atoms with Gasteiger partial charge in [0, 0.05) is 24.9 Å². The fourth-order valence-corrected chi connectivity index (χ4v) is 2.35. The summed E-state index contributed by atoms with van der Waals surface area (Å²) in [5.74, 6) is -0.148. The van der Waals surface area contributed by atoms with E-state index in [1.54, 1.807) is 6.21 Å². The fraction of sp³-hybridized carbons (Fsp3) is 0.529. The van der Waals surface area contributed by atoms with Crippen LogP contribution in [0.3, 0.4) is 0 Å². The van der Waals surface area contributed by atoms with Gasteiger partial charge in [-0.25, -0.2) is 4.99 Å². The second kappa shape index (κ2) is 10.2. The highest BCUT2D eigenvalue weighted by atomic mass is 16.5. The Hall–Kier alpha value is -1.60. The Morgan fingerprint density at radius 1 is 0.957 bits per heavy atom. The molecule has 23 heavy (non-hydrogen) atoms. The van der Waals surface area contributed by atoms with Crippen LogP contribution in [0.1, 0.15) is 27.9 Å². The van der Waals surface area contributed by atoms with Gasteiger partial charge in [0.2, 0.25) is 0 Å². The summed E-state index contributed by atoms with van der Waals surface area (Å²) in [6.45, 7) is 4.04. The average molecular weight is 320 g/mol. The number of ether oxygens (including phenoxy) is 3. The normalized spacial score (nSPS) is 12.8. The summed E-state index contributed by atoms with van der Waals surface area (Å²) in [4.78, 5) is 15.4. The predicted molar refractivity (Wildman–Crippen MR) is 88.2 cm³/mol. The number of hydrogen-bond acceptors (Lipinski definition) is 5. The molecule has 1 aromatic carbocycles. The van der Waals surface area contributed by atoms with Gasteiger partial charge in [-0.1, -0.05) is 12.1 Å². The molecule has 1 aliphatic heterocycles. The van der Waals surface area contributed by atoms with Crippen molar-refractivity contribution in [3.8, 4) is 0 Å². The molecule has 1 aliphatic rings. The third-order valence-corrected chi connectivity index (χ3v) is 3.48. The van der Waals surface area contributed by atoms with Gasteiger partial charge < -0.3 is 19.9 Å². The van der Waals surface area contributed by atoms with E-state index in [0.717, 1.165) is 24.0 Å². The lowest BCUT2D eigenvalue weighted by Gasteiger charge is -2.08. The van der Waals surface area contributed by atoms with Crippen LogP contribution in [0.2, 0.25) is 0 Å². The van der Waals surface area contributed by atoms with Crippen LogP contribution in [-0.4, -0.2) is 58.3 Å². The Bertz CT molecular complexity index is 531. The number of carbonyl (C=O) groups excluding carboxylic acids is 1. The van der Waals surface area contributed by atoms with E-state index < -0.39 is 0 Å². The summed E-state index contributed by atoms with van der Waals surface area (Å²) in [6, 6.07) is 5.76. The molecule has 0 saturated heterocycles. The van der Waals surface area contributed by atoms with Gasteiger partial charge in [0.25, 0.3) is 5.91 Å². The molecule has 1 aromatic rings. The summed E-state index contributed by atoms with van der Waals surface area (Å²) >= 11 is 0. The van der Waals surface area contributed by atoms with E-state index >= 15 is 0 Å². The highest BCUT2D eigenvalue weighted by molar-refractivity contribution is 6.13. The zero-order valence-electron chi connectivity index (χ0n) is 13.3. The molecule has 0 bridgehead atoms. The number of benzene rings is 1. The van der Waals surface area contributed by atoms with Gasteiger partial charge in [0.05, 0.1) is 38.6 Å². The molecule has 0 radical (unpaired) electrons. The van der Waals surface area contributed by atoms with Gasteiger partial charge in [0.15, 0.2) is 0 Å². The second-order valence-corrected chi connectivity index (χ2v) is 5.17. The first-order chi connectivity index (χ1) is 11.3. The molecule has 0 unspecified atom stereocenters. The van der Waals surface area contributed by atoms with Crippen molar-refractivity contribution in [2.45, 2.75) is 12.8 Å². The minimum Gasteiger partial charge on any atom is -0.379 e. The number of nitrogens with two attached hydrogens (primary N) is 1. The van der Waals surface area contributed by atoms with Crippen LogP contribution in [-0.2, 0) is 20.6 Å². The topological polar surface area (TPSA) is 83.1 Å². The molecule has 2 N–H and O–H groups in total. The zero-order valence-corrected chi connectivity index (χ0v) is 13.3. The van der Waals surface area contributed by atoms with E-state index in [1.807, 2.05) is 18.2 Å². The van der Waals surface area contributed by atoms with Crippen molar-refractivity contribution in [2.24, 2.45) is 10.7 Å². The number of nitrogens with zero attached hydrogens (tertiary/aromatic N) is 1. The molecule has 0 aliphatic carbocycles. The standard InChI is InChI=1S/C17H24N2O4/c18-6-8-22-10-12-23-11-9-21-7-2-4-14-3-1-5-15-16(14)13-19-17(15)20/h1,3,5,13H,2,4,6-12,18H2. The largest absolute Gasteiger partial charge is 0.379 e. The highest BCUT2D eigenvalue weighted by Crippen LogP contribution is 2.19. The first kappa shape index (κ1) is 17.7. The van der Waals surface area contributed by atoms with E-state index in [1.165, 1.54) is 0 Å². The Morgan fingerprint density at radius 2 is 1.65 bits per heavy atom. The van der Waals surface area contributed by atoms with E-state index in [2.05, 4.69) is 4.99 Å². The van der Waals surface area contributed by atoms with Crippen molar-refractivity contribution < 1.29 is 19.0 Å². The summed E-state index contributed by atoms with van der Waals surface area (Å²) in [5.41, 5.74) is 8.11. The molecular formula is C17H24N2O4. The van der Waals surface area contributed by atoms with Crippen molar-refractivity contribution in [3.63, 3.8) is 0 Å². The monoisotopic (exact) mass is 320 g/mol. The molecule has 0 atom stereocenters. The lowest BCUT2D eigenvalue weighted by molar-refractivity contribution is 0.0156. The molecule has 6 nitrogen and oxygen atoms in total. The van der Waals surface area contributed by atoms with E-state index in [-0.39, 0.29) is 5.91 Å². The van der Waals surface area contributed by atoms with Crippen LogP contribution in [0.5, 0.6) is 0 Å². The lowest BCUT2D eigenvalue weighted by atomic mass is 10.00.